The summed E-state index contributed by atoms with van der Waals surface area (Å²) in [7, 11) is -1.84. The predicted octanol–water partition coefficient (Wildman–Crippen LogP) is 0.420. The molecule has 0 aromatic heterocycles. The minimum atomic E-state index is -3.42. The number of amidine groups is 1. The van der Waals surface area contributed by atoms with Crippen LogP contribution in [0.1, 0.15) is 33.6 Å². The highest BCUT2D eigenvalue weighted by Crippen LogP contribution is 2.32. The minimum absolute atomic E-state index is 0.0811. The van der Waals surface area contributed by atoms with Gasteiger partial charge in [-0.15, -0.1) is 0 Å². The molecule has 1 aliphatic heterocycles. The van der Waals surface area contributed by atoms with Gasteiger partial charge in [-0.05, 0) is 26.7 Å². The van der Waals surface area contributed by atoms with Crippen molar-refractivity contribution in [3.63, 3.8) is 0 Å². The highest BCUT2D eigenvalue weighted by Gasteiger charge is 2.39. The van der Waals surface area contributed by atoms with Crippen molar-refractivity contribution >= 4 is 16.0 Å². The Labute approximate surface area is 115 Å². The van der Waals surface area contributed by atoms with Gasteiger partial charge in [-0.1, -0.05) is 12.1 Å². The van der Waals surface area contributed by atoms with Crippen molar-refractivity contribution in [2.24, 2.45) is 16.3 Å². The molecule has 1 fully saturated rings. The first-order chi connectivity index (χ1) is 8.65. The van der Waals surface area contributed by atoms with Crippen LogP contribution in [-0.2, 0) is 10.2 Å². The van der Waals surface area contributed by atoms with Crippen LogP contribution in [0.15, 0.2) is 5.16 Å². The fraction of sp³-hybridized carbons (Fsp3) is 0.909. The molecule has 0 aliphatic carbocycles. The largest absolute Gasteiger partial charge is 0.409 e. The molecule has 1 saturated heterocycles. The van der Waals surface area contributed by atoms with Crippen LogP contribution in [-0.4, -0.2) is 54.3 Å². The number of hydrogen-bond acceptors (Lipinski definition) is 4. The average Bonchev–Trinajstić information content (AvgIpc) is 2.37. The van der Waals surface area contributed by atoms with Gasteiger partial charge in [0.05, 0.1) is 0 Å². The molecule has 0 amide bonds. The molecule has 0 spiro atoms. The summed E-state index contributed by atoms with van der Waals surface area (Å²) in [6.45, 7) is 6.32. The lowest BCUT2D eigenvalue weighted by molar-refractivity contribution is 0.218. The van der Waals surface area contributed by atoms with E-state index in [0.29, 0.717) is 25.9 Å². The number of hydrogen-bond donors (Lipinski definition) is 2. The summed E-state index contributed by atoms with van der Waals surface area (Å²) >= 11 is 0. The average molecular weight is 292 g/mol. The maximum Gasteiger partial charge on any atom is 0.281 e. The summed E-state index contributed by atoms with van der Waals surface area (Å²) in [6, 6.07) is -0.0811. The van der Waals surface area contributed by atoms with Crippen molar-refractivity contribution in [3.8, 4) is 0 Å². The Hall–Kier alpha value is -0.860. The van der Waals surface area contributed by atoms with E-state index >= 15 is 0 Å². The van der Waals surface area contributed by atoms with Crippen molar-refractivity contribution in [3.05, 3.63) is 0 Å². The van der Waals surface area contributed by atoms with Gasteiger partial charge in [0.25, 0.3) is 10.2 Å². The minimum Gasteiger partial charge on any atom is -0.409 e. The monoisotopic (exact) mass is 292 g/mol. The second-order valence-corrected chi connectivity index (χ2v) is 7.55. The number of nitrogens with two attached hydrogens (primary N) is 1. The van der Waals surface area contributed by atoms with Crippen molar-refractivity contribution in [2.75, 3.05) is 20.1 Å². The molecule has 0 aromatic carbocycles. The van der Waals surface area contributed by atoms with Crippen molar-refractivity contribution in [2.45, 2.75) is 39.7 Å². The maximum absolute atomic E-state index is 12.3. The lowest BCUT2D eigenvalue weighted by atomic mass is 9.80. The van der Waals surface area contributed by atoms with Gasteiger partial charge in [-0.25, -0.2) is 0 Å². The van der Waals surface area contributed by atoms with Gasteiger partial charge >= 0.3 is 0 Å². The molecule has 3 N–H and O–H groups in total. The summed E-state index contributed by atoms with van der Waals surface area (Å²) in [5.74, 6) is 0.168. The normalized spacial score (nSPS) is 22.1. The van der Waals surface area contributed by atoms with Gasteiger partial charge in [0, 0.05) is 31.6 Å². The zero-order chi connectivity index (χ0) is 14.8. The van der Waals surface area contributed by atoms with Crippen LogP contribution in [0, 0.1) is 5.41 Å². The van der Waals surface area contributed by atoms with Crippen LogP contribution >= 0.6 is 0 Å². The number of rotatable bonds is 4. The third kappa shape index (κ3) is 3.18. The van der Waals surface area contributed by atoms with Crippen LogP contribution in [0.25, 0.3) is 0 Å². The van der Waals surface area contributed by atoms with Gasteiger partial charge in [0.2, 0.25) is 0 Å². The van der Waals surface area contributed by atoms with E-state index in [1.807, 2.05) is 20.8 Å². The Morgan fingerprint density at radius 2 is 1.89 bits per heavy atom. The Bertz CT molecular complexity index is 439. The zero-order valence-corrected chi connectivity index (χ0v) is 12.8. The second kappa shape index (κ2) is 5.64. The molecule has 1 rings (SSSR count). The van der Waals surface area contributed by atoms with E-state index in [1.165, 1.54) is 8.61 Å². The highest BCUT2D eigenvalue weighted by atomic mass is 32.2. The second-order valence-electron chi connectivity index (χ2n) is 5.56. The van der Waals surface area contributed by atoms with Gasteiger partial charge in [-0.2, -0.15) is 17.0 Å². The van der Waals surface area contributed by atoms with E-state index in [-0.39, 0.29) is 11.9 Å². The molecule has 0 radical (unpaired) electrons. The molecule has 1 aliphatic rings. The maximum atomic E-state index is 12.3. The summed E-state index contributed by atoms with van der Waals surface area (Å²) in [5, 5.41) is 11.8. The topological polar surface area (TPSA) is 99.2 Å². The first-order valence-electron chi connectivity index (χ1n) is 6.36. The number of piperidine rings is 1. The van der Waals surface area contributed by atoms with E-state index < -0.39 is 15.6 Å². The fourth-order valence-corrected chi connectivity index (χ4v) is 3.58. The molecule has 8 heteroatoms. The summed E-state index contributed by atoms with van der Waals surface area (Å²) in [4.78, 5) is 0. The van der Waals surface area contributed by atoms with Crippen molar-refractivity contribution in [1.29, 1.82) is 0 Å². The lowest BCUT2D eigenvalue weighted by Crippen LogP contribution is -2.51. The van der Waals surface area contributed by atoms with E-state index in [9.17, 15) is 8.42 Å². The molecular weight excluding hydrogens is 268 g/mol. The molecule has 0 unspecified atom stereocenters. The van der Waals surface area contributed by atoms with Crippen LogP contribution in [0.3, 0.4) is 0 Å². The van der Waals surface area contributed by atoms with E-state index in [1.54, 1.807) is 7.05 Å². The molecule has 112 valence electrons. The SMILES string of the molecule is CC(C)N(C)S(=O)(=O)N1CCC(C)(C(N)=NO)CC1. The molecule has 0 atom stereocenters. The van der Waals surface area contributed by atoms with Crippen molar-refractivity contribution in [1.82, 2.24) is 8.61 Å². The lowest BCUT2D eigenvalue weighted by Gasteiger charge is -2.39. The number of nitrogens with zero attached hydrogens (tertiary/aromatic N) is 3. The van der Waals surface area contributed by atoms with Crippen LogP contribution in [0.2, 0.25) is 0 Å². The molecule has 0 aromatic rings. The highest BCUT2D eigenvalue weighted by molar-refractivity contribution is 7.86. The first-order valence-corrected chi connectivity index (χ1v) is 7.76. The summed E-state index contributed by atoms with van der Waals surface area (Å²) < 4.78 is 27.5. The standard InChI is InChI=1S/C11H24N4O3S/c1-9(2)14(4)19(17,18)15-7-5-11(3,6-8-15)10(12)13-16/h9,16H,5-8H2,1-4H3,(H2,12,13). The smallest absolute Gasteiger partial charge is 0.281 e. The van der Waals surface area contributed by atoms with Gasteiger partial charge in [-0.3, -0.25) is 0 Å². The van der Waals surface area contributed by atoms with Crippen LogP contribution in [0.5, 0.6) is 0 Å². The Morgan fingerprint density at radius 1 is 1.42 bits per heavy atom. The third-order valence-electron chi connectivity index (χ3n) is 3.97. The Morgan fingerprint density at radius 3 is 2.26 bits per heavy atom. The molecular formula is C11H24N4O3S. The fourth-order valence-electron chi connectivity index (χ4n) is 2.04. The van der Waals surface area contributed by atoms with Gasteiger partial charge in [0.1, 0.15) is 5.84 Å². The Balaban J connectivity index is 2.79. The third-order valence-corrected chi connectivity index (χ3v) is 6.14. The first kappa shape index (κ1) is 16.2. The molecule has 0 bridgehead atoms. The van der Waals surface area contributed by atoms with E-state index in [4.69, 9.17) is 10.9 Å². The zero-order valence-electron chi connectivity index (χ0n) is 12.0. The van der Waals surface area contributed by atoms with Crippen LogP contribution < -0.4 is 5.73 Å². The molecule has 0 saturated carbocycles. The van der Waals surface area contributed by atoms with Crippen molar-refractivity contribution < 1.29 is 13.6 Å². The Kier molecular flexibility index (Phi) is 4.81. The molecule has 1 heterocycles. The van der Waals surface area contributed by atoms with Gasteiger partial charge < -0.3 is 10.9 Å². The van der Waals surface area contributed by atoms with Crippen LogP contribution in [0.4, 0.5) is 0 Å². The van der Waals surface area contributed by atoms with E-state index in [0.717, 1.165) is 0 Å². The number of oxime groups is 1. The van der Waals surface area contributed by atoms with Gasteiger partial charge in [0.15, 0.2) is 0 Å². The molecule has 7 nitrogen and oxygen atoms in total. The summed E-state index contributed by atoms with van der Waals surface area (Å²) in [5.41, 5.74) is 5.23. The quantitative estimate of drug-likeness (QED) is 0.339. The van der Waals surface area contributed by atoms with E-state index in [2.05, 4.69) is 5.16 Å². The summed E-state index contributed by atoms with van der Waals surface area (Å²) in [6.07, 6.45) is 1.10. The molecule has 19 heavy (non-hydrogen) atoms. The predicted molar refractivity (Wildman–Crippen MR) is 74.1 cm³/mol.